The molecule has 1 saturated heterocycles. The molecule has 4 nitrogen and oxygen atoms in total. The molecule has 0 spiro atoms. The molecule has 2 N–H and O–H groups in total. The van der Waals surface area contributed by atoms with Gasteiger partial charge in [0.1, 0.15) is 0 Å². The lowest BCUT2D eigenvalue weighted by Gasteiger charge is -2.21. The molecular weight excluding hydrogens is 238 g/mol. The van der Waals surface area contributed by atoms with E-state index in [2.05, 4.69) is 5.32 Å². The summed E-state index contributed by atoms with van der Waals surface area (Å²) in [6, 6.07) is 6.73. The van der Waals surface area contributed by atoms with E-state index >= 15 is 0 Å². The Labute approximate surface area is 102 Å². The predicted octanol–water partition coefficient (Wildman–Crippen LogP) is 0.357. The Bertz CT molecular complexity index is 487. The Morgan fingerprint density at radius 1 is 1.35 bits per heavy atom. The molecule has 0 amide bonds. The molecule has 0 aliphatic carbocycles. The Hall–Kier alpha value is -0.910. The first-order valence-corrected chi connectivity index (χ1v) is 7.50. The minimum atomic E-state index is -3.14. The third-order valence-electron chi connectivity index (χ3n) is 3.11. The monoisotopic (exact) mass is 255 g/mol. The summed E-state index contributed by atoms with van der Waals surface area (Å²) < 4.78 is 22.6. The van der Waals surface area contributed by atoms with Crippen molar-refractivity contribution in [2.75, 3.05) is 19.3 Å². The second-order valence-electron chi connectivity index (χ2n) is 4.74. The minimum absolute atomic E-state index is 0.317. The molecule has 1 fully saturated rings. The molecule has 1 aromatic rings. The van der Waals surface area contributed by atoms with Crippen LogP contribution in [0.4, 0.5) is 0 Å². The molecule has 1 unspecified atom stereocenters. The number of hydrogen-bond donors (Lipinski definition) is 2. The first kappa shape index (κ1) is 12.5. The summed E-state index contributed by atoms with van der Waals surface area (Å²) >= 11 is 0. The van der Waals surface area contributed by atoms with Crippen molar-refractivity contribution in [1.82, 2.24) is 5.32 Å². The smallest absolute Gasteiger partial charge is 0.175 e. The van der Waals surface area contributed by atoms with Crippen molar-refractivity contribution in [3.05, 3.63) is 29.8 Å². The molecule has 2 rings (SSSR count). The van der Waals surface area contributed by atoms with Gasteiger partial charge >= 0.3 is 0 Å². The summed E-state index contributed by atoms with van der Waals surface area (Å²) in [5.74, 6) is 0. The van der Waals surface area contributed by atoms with Gasteiger partial charge in [-0.15, -0.1) is 0 Å². The number of β-amino-alcohol motifs (C(OH)–C–C–N with tert-alkyl or cyclic N) is 1. The maximum atomic E-state index is 11.3. The van der Waals surface area contributed by atoms with Gasteiger partial charge in [-0.2, -0.15) is 0 Å². The lowest BCUT2D eigenvalue weighted by Crippen LogP contribution is -2.33. The highest BCUT2D eigenvalue weighted by atomic mass is 32.2. The van der Waals surface area contributed by atoms with Crippen LogP contribution >= 0.6 is 0 Å². The first-order chi connectivity index (χ1) is 7.89. The van der Waals surface area contributed by atoms with Crippen molar-refractivity contribution < 1.29 is 13.5 Å². The van der Waals surface area contributed by atoms with E-state index in [4.69, 9.17) is 0 Å². The van der Waals surface area contributed by atoms with Crippen molar-refractivity contribution in [2.45, 2.75) is 23.3 Å². The van der Waals surface area contributed by atoms with Gasteiger partial charge < -0.3 is 10.4 Å². The van der Waals surface area contributed by atoms with E-state index in [-0.39, 0.29) is 0 Å². The van der Waals surface area contributed by atoms with Gasteiger partial charge in [0.15, 0.2) is 9.84 Å². The van der Waals surface area contributed by atoms with Crippen LogP contribution in [-0.2, 0) is 16.3 Å². The molecule has 5 heteroatoms. The Kier molecular flexibility index (Phi) is 3.25. The number of rotatable bonds is 3. The highest BCUT2D eigenvalue weighted by Gasteiger charge is 2.30. The SMILES string of the molecule is CS(=O)(=O)c1ccc(CC2(O)CCNC2)cc1. The van der Waals surface area contributed by atoms with Crippen LogP contribution in [-0.4, -0.2) is 38.5 Å². The largest absolute Gasteiger partial charge is 0.388 e. The van der Waals surface area contributed by atoms with Gasteiger partial charge in [0.25, 0.3) is 0 Å². The summed E-state index contributed by atoms with van der Waals surface area (Å²) in [5, 5.41) is 13.3. The van der Waals surface area contributed by atoms with Crippen molar-refractivity contribution in [3.8, 4) is 0 Å². The summed E-state index contributed by atoms with van der Waals surface area (Å²) in [4.78, 5) is 0.317. The van der Waals surface area contributed by atoms with Crippen LogP contribution in [0.2, 0.25) is 0 Å². The number of aliphatic hydroxyl groups is 1. The average Bonchev–Trinajstić information content (AvgIpc) is 2.64. The first-order valence-electron chi connectivity index (χ1n) is 5.61. The molecule has 0 aromatic heterocycles. The Balaban J connectivity index is 2.13. The fraction of sp³-hybridized carbons (Fsp3) is 0.500. The van der Waals surface area contributed by atoms with Crippen LogP contribution < -0.4 is 5.32 Å². The normalized spacial score (nSPS) is 25.1. The predicted molar refractivity (Wildman–Crippen MR) is 65.7 cm³/mol. The molecular formula is C12H17NO3S. The second kappa shape index (κ2) is 4.40. The van der Waals surface area contributed by atoms with Crippen molar-refractivity contribution >= 4 is 9.84 Å². The van der Waals surface area contributed by atoms with Crippen LogP contribution in [0.5, 0.6) is 0 Å². The minimum Gasteiger partial charge on any atom is -0.388 e. The van der Waals surface area contributed by atoms with E-state index in [1.807, 2.05) is 0 Å². The van der Waals surface area contributed by atoms with E-state index in [9.17, 15) is 13.5 Å². The molecule has 1 aliphatic heterocycles. The maximum absolute atomic E-state index is 11.3. The molecule has 0 bridgehead atoms. The standard InChI is InChI=1S/C12H17NO3S/c1-17(15,16)11-4-2-10(3-5-11)8-12(14)6-7-13-9-12/h2-5,13-14H,6-9H2,1H3. The van der Waals surface area contributed by atoms with E-state index in [0.29, 0.717) is 17.9 Å². The zero-order valence-electron chi connectivity index (χ0n) is 9.81. The van der Waals surface area contributed by atoms with Crippen molar-refractivity contribution in [2.24, 2.45) is 0 Å². The lowest BCUT2D eigenvalue weighted by atomic mass is 9.94. The van der Waals surface area contributed by atoms with Gasteiger partial charge in [0, 0.05) is 19.2 Å². The molecule has 1 atom stereocenters. The van der Waals surface area contributed by atoms with Gasteiger partial charge in [0.2, 0.25) is 0 Å². The Morgan fingerprint density at radius 3 is 2.47 bits per heavy atom. The Morgan fingerprint density at radius 2 is 2.00 bits per heavy atom. The van der Waals surface area contributed by atoms with Crippen LogP contribution in [0.25, 0.3) is 0 Å². The van der Waals surface area contributed by atoms with Crippen LogP contribution in [0.1, 0.15) is 12.0 Å². The molecule has 1 aliphatic rings. The number of benzene rings is 1. The molecule has 0 radical (unpaired) electrons. The summed E-state index contributed by atoms with van der Waals surface area (Å²) in [6.45, 7) is 1.43. The van der Waals surface area contributed by atoms with Gasteiger partial charge in [0.05, 0.1) is 10.5 Å². The average molecular weight is 255 g/mol. The van der Waals surface area contributed by atoms with E-state index in [1.54, 1.807) is 24.3 Å². The molecule has 1 aromatic carbocycles. The van der Waals surface area contributed by atoms with Gasteiger partial charge in [-0.25, -0.2) is 8.42 Å². The van der Waals surface area contributed by atoms with E-state index in [1.165, 1.54) is 6.26 Å². The zero-order chi connectivity index (χ0) is 12.5. The second-order valence-corrected chi connectivity index (χ2v) is 6.76. The fourth-order valence-electron chi connectivity index (χ4n) is 2.12. The number of nitrogens with one attached hydrogen (secondary N) is 1. The summed E-state index contributed by atoms with van der Waals surface area (Å²) in [7, 11) is -3.14. The zero-order valence-corrected chi connectivity index (χ0v) is 10.6. The number of hydrogen-bond acceptors (Lipinski definition) is 4. The number of sulfone groups is 1. The summed E-state index contributed by atoms with van der Waals surface area (Å²) in [5.41, 5.74) is 0.274. The molecule has 1 heterocycles. The van der Waals surface area contributed by atoms with Gasteiger partial charge in [-0.05, 0) is 30.7 Å². The van der Waals surface area contributed by atoms with E-state index in [0.717, 1.165) is 18.5 Å². The topological polar surface area (TPSA) is 66.4 Å². The fourth-order valence-corrected chi connectivity index (χ4v) is 2.75. The third kappa shape index (κ3) is 3.06. The maximum Gasteiger partial charge on any atom is 0.175 e. The van der Waals surface area contributed by atoms with Crippen LogP contribution in [0.3, 0.4) is 0 Å². The third-order valence-corrected chi connectivity index (χ3v) is 4.23. The lowest BCUT2D eigenvalue weighted by molar-refractivity contribution is 0.0619. The van der Waals surface area contributed by atoms with Gasteiger partial charge in [-0.1, -0.05) is 12.1 Å². The molecule has 17 heavy (non-hydrogen) atoms. The molecule has 94 valence electrons. The van der Waals surface area contributed by atoms with Crippen LogP contribution in [0.15, 0.2) is 29.2 Å². The van der Waals surface area contributed by atoms with Gasteiger partial charge in [-0.3, -0.25) is 0 Å². The van der Waals surface area contributed by atoms with Crippen LogP contribution in [0, 0.1) is 0 Å². The highest BCUT2D eigenvalue weighted by Crippen LogP contribution is 2.21. The molecule has 0 saturated carbocycles. The summed E-state index contributed by atoms with van der Waals surface area (Å²) in [6.07, 6.45) is 2.49. The van der Waals surface area contributed by atoms with E-state index < -0.39 is 15.4 Å². The van der Waals surface area contributed by atoms with Crippen molar-refractivity contribution in [1.29, 1.82) is 0 Å². The highest BCUT2D eigenvalue weighted by molar-refractivity contribution is 7.90. The van der Waals surface area contributed by atoms with Crippen molar-refractivity contribution in [3.63, 3.8) is 0 Å². The quantitative estimate of drug-likeness (QED) is 0.818.